The number of hydrogen-bond acceptors (Lipinski definition) is 3. The number of aliphatic carboxylic acids is 1. The lowest BCUT2D eigenvalue weighted by atomic mass is 9.93. The molecule has 0 aromatic heterocycles. The summed E-state index contributed by atoms with van der Waals surface area (Å²) in [6, 6.07) is 8.23. The maximum Gasteiger partial charge on any atom is 0.310 e. The van der Waals surface area contributed by atoms with Gasteiger partial charge in [0.1, 0.15) is 0 Å². The molecule has 0 amide bonds. The molecule has 0 radical (unpaired) electrons. The summed E-state index contributed by atoms with van der Waals surface area (Å²) in [6.45, 7) is 6.10. The van der Waals surface area contributed by atoms with Crippen molar-refractivity contribution in [3.05, 3.63) is 24.3 Å². The second-order valence-corrected chi connectivity index (χ2v) is 6.31. The van der Waals surface area contributed by atoms with E-state index < -0.39 is 11.4 Å². The topological polar surface area (TPSA) is 40.5 Å². The van der Waals surface area contributed by atoms with E-state index in [-0.39, 0.29) is 0 Å². The van der Waals surface area contributed by atoms with Crippen molar-refractivity contribution in [2.45, 2.75) is 25.7 Å². The fourth-order valence-corrected chi connectivity index (χ4v) is 2.38. The Morgan fingerprint density at radius 2 is 1.89 bits per heavy atom. The van der Waals surface area contributed by atoms with Crippen molar-refractivity contribution < 1.29 is 9.90 Å². The van der Waals surface area contributed by atoms with Crippen LogP contribution in [-0.2, 0) is 4.79 Å². The van der Waals surface area contributed by atoms with Crippen LogP contribution in [0, 0.1) is 5.41 Å². The fourth-order valence-electron chi connectivity index (χ4n) is 1.72. The van der Waals surface area contributed by atoms with Crippen molar-refractivity contribution in [3.63, 3.8) is 0 Å². The number of nitrogens with zero attached hydrogens (tertiary/aromatic N) is 1. The third kappa shape index (κ3) is 3.95. The zero-order chi connectivity index (χ0) is 13.8. The highest BCUT2D eigenvalue weighted by atomic mass is 32.2. The van der Waals surface area contributed by atoms with E-state index in [1.54, 1.807) is 25.6 Å². The van der Waals surface area contributed by atoms with Gasteiger partial charge in [-0.05, 0) is 43.9 Å². The van der Waals surface area contributed by atoms with Gasteiger partial charge in [-0.25, -0.2) is 0 Å². The highest BCUT2D eigenvalue weighted by Gasteiger charge is 2.28. The number of benzene rings is 1. The second kappa shape index (κ2) is 6.14. The molecule has 0 unspecified atom stereocenters. The lowest BCUT2D eigenvalue weighted by Crippen LogP contribution is -2.37. The molecule has 0 saturated carbocycles. The molecule has 0 bridgehead atoms. The van der Waals surface area contributed by atoms with Gasteiger partial charge in [0.25, 0.3) is 0 Å². The van der Waals surface area contributed by atoms with Crippen molar-refractivity contribution in [1.29, 1.82) is 0 Å². The Hall–Kier alpha value is -1.16. The molecule has 1 aromatic rings. The Morgan fingerprint density at radius 3 is 2.33 bits per heavy atom. The molecule has 0 aliphatic heterocycles. The zero-order valence-corrected chi connectivity index (χ0v) is 12.3. The van der Waals surface area contributed by atoms with Crippen LogP contribution < -0.4 is 4.90 Å². The van der Waals surface area contributed by atoms with Gasteiger partial charge in [0.15, 0.2) is 0 Å². The van der Waals surface area contributed by atoms with Crippen LogP contribution in [0.1, 0.15) is 20.8 Å². The average Bonchev–Trinajstić information content (AvgIpc) is 2.29. The van der Waals surface area contributed by atoms with E-state index in [9.17, 15) is 4.79 Å². The SMILES string of the molecule is CCSc1ccc(N(C)CC(C)(C)C(=O)O)cc1. The summed E-state index contributed by atoms with van der Waals surface area (Å²) in [4.78, 5) is 14.3. The number of anilines is 1. The summed E-state index contributed by atoms with van der Waals surface area (Å²) in [5, 5.41) is 9.12. The zero-order valence-electron chi connectivity index (χ0n) is 11.4. The normalized spacial score (nSPS) is 11.3. The Balaban J connectivity index is 2.72. The first-order chi connectivity index (χ1) is 8.36. The van der Waals surface area contributed by atoms with Crippen LogP contribution >= 0.6 is 11.8 Å². The third-order valence-corrected chi connectivity index (χ3v) is 3.69. The largest absolute Gasteiger partial charge is 0.481 e. The molecule has 0 aliphatic carbocycles. The lowest BCUT2D eigenvalue weighted by Gasteiger charge is -2.28. The maximum absolute atomic E-state index is 11.1. The van der Waals surface area contributed by atoms with Crippen molar-refractivity contribution in [1.82, 2.24) is 0 Å². The van der Waals surface area contributed by atoms with Crippen LogP contribution in [0.2, 0.25) is 0 Å². The summed E-state index contributed by atoms with van der Waals surface area (Å²) < 4.78 is 0. The Morgan fingerprint density at radius 1 is 1.33 bits per heavy atom. The van der Waals surface area contributed by atoms with Crippen LogP contribution in [-0.4, -0.2) is 30.4 Å². The molecule has 1 rings (SSSR count). The summed E-state index contributed by atoms with van der Waals surface area (Å²) >= 11 is 1.80. The molecule has 0 fully saturated rings. The van der Waals surface area contributed by atoms with Crippen LogP contribution in [0.4, 0.5) is 5.69 Å². The highest BCUT2D eigenvalue weighted by molar-refractivity contribution is 7.99. The van der Waals surface area contributed by atoms with Gasteiger partial charge in [0.2, 0.25) is 0 Å². The van der Waals surface area contributed by atoms with E-state index in [1.165, 1.54) is 4.90 Å². The van der Waals surface area contributed by atoms with Gasteiger partial charge in [0, 0.05) is 24.2 Å². The number of carboxylic acid groups (broad SMARTS) is 1. The molecule has 0 heterocycles. The Labute approximate surface area is 113 Å². The van der Waals surface area contributed by atoms with Crippen molar-refractivity contribution in [2.24, 2.45) is 5.41 Å². The number of carboxylic acids is 1. The van der Waals surface area contributed by atoms with Crippen LogP contribution in [0.5, 0.6) is 0 Å². The smallest absolute Gasteiger partial charge is 0.310 e. The minimum absolute atomic E-state index is 0.489. The number of thioether (sulfide) groups is 1. The van der Waals surface area contributed by atoms with Gasteiger partial charge >= 0.3 is 5.97 Å². The summed E-state index contributed by atoms with van der Waals surface area (Å²) in [6.07, 6.45) is 0. The van der Waals surface area contributed by atoms with Gasteiger partial charge in [-0.3, -0.25) is 4.79 Å². The van der Waals surface area contributed by atoms with E-state index in [0.29, 0.717) is 6.54 Å². The standard InChI is InChI=1S/C14H21NO2S/c1-5-18-12-8-6-11(7-9-12)15(4)10-14(2,3)13(16)17/h6-9H,5,10H2,1-4H3,(H,16,17). The molecule has 18 heavy (non-hydrogen) atoms. The Kier molecular flexibility index (Phi) is 5.08. The molecule has 0 saturated heterocycles. The minimum Gasteiger partial charge on any atom is -0.481 e. The van der Waals surface area contributed by atoms with Crippen molar-refractivity contribution in [3.8, 4) is 0 Å². The van der Waals surface area contributed by atoms with Crippen LogP contribution in [0.3, 0.4) is 0 Å². The highest BCUT2D eigenvalue weighted by Crippen LogP contribution is 2.24. The first-order valence-corrected chi connectivity index (χ1v) is 7.03. The molecule has 100 valence electrons. The van der Waals surface area contributed by atoms with Gasteiger partial charge in [-0.2, -0.15) is 0 Å². The number of carbonyl (C=O) groups is 1. The molecule has 4 heteroatoms. The van der Waals surface area contributed by atoms with Crippen LogP contribution in [0.25, 0.3) is 0 Å². The summed E-state index contributed by atoms with van der Waals surface area (Å²) in [7, 11) is 1.92. The quantitative estimate of drug-likeness (QED) is 0.802. The van der Waals surface area contributed by atoms with Gasteiger partial charge in [-0.1, -0.05) is 6.92 Å². The molecule has 3 nitrogen and oxygen atoms in total. The fraction of sp³-hybridized carbons (Fsp3) is 0.500. The van der Waals surface area contributed by atoms with E-state index >= 15 is 0 Å². The summed E-state index contributed by atoms with van der Waals surface area (Å²) in [5.74, 6) is 0.286. The Bertz CT molecular complexity index is 401. The van der Waals surface area contributed by atoms with Crippen molar-refractivity contribution >= 4 is 23.4 Å². The van der Waals surface area contributed by atoms with E-state index in [4.69, 9.17) is 5.11 Å². The summed E-state index contributed by atoms with van der Waals surface area (Å²) in [5.41, 5.74) is 0.302. The minimum atomic E-state index is -0.771. The van der Waals surface area contributed by atoms with E-state index in [1.807, 2.05) is 24.1 Å². The molecular formula is C14H21NO2S. The van der Waals surface area contributed by atoms with Crippen LogP contribution in [0.15, 0.2) is 29.2 Å². The predicted octanol–water partition coefficient (Wildman–Crippen LogP) is 3.35. The molecule has 0 aliphatic rings. The molecule has 0 atom stereocenters. The first-order valence-electron chi connectivity index (χ1n) is 6.04. The number of rotatable bonds is 6. The van der Waals surface area contributed by atoms with Crippen molar-refractivity contribution in [2.75, 3.05) is 24.2 Å². The maximum atomic E-state index is 11.1. The third-order valence-electron chi connectivity index (χ3n) is 2.80. The average molecular weight is 267 g/mol. The monoisotopic (exact) mass is 267 g/mol. The van der Waals surface area contributed by atoms with E-state index in [0.717, 1.165) is 11.4 Å². The molecular weight excluding hydrogens is 246 g/mol. The predicted molar refractivity (Wildman–Crippen MR) is 77.5 cm³/mol. The van der Waals surface area contributed by atoms with Gasteiger partial charge < -0.3 is 10.0 Å². The molecule has 0 spiro atoms. The first kappa shape index (κ1) is 14.9. The van der Waals surface area contributed by atoms with Gasteiger partial charge in [0.05, 0.1) is 5.41 Å². The van der Waals surface area contributed by atoms with Gasteiger partial charge in [-0.15, -0.1) is 11.8 Å². The van der Waals surface area contributed by atoms with E-state index in [2.05, 4.69) is 19.1 Å². The second-order valence-electron chi connectivity index (χ2n) is 4.97. The molecule has 1 N–H and O–H groups in total. The molecule has 1 aromatic carbocycles. The number of hydrogen-bond donors (Lipinski definition) is 1. The lowest BCUT2D eigenvalue weighted by molar-refractivity contribution is -0.146.